The molecule has 1 aliphatic rings. The van der Waals surface area contributed by atoms with E-state index in [1.54, 1.807) is 13.2 Å². The van der Waals surface area contributed by atoms with E-state index < -0.39 is 0 Å². The van der Waals surface area contributed by atoms with Crippen LogP contribution in [0.15, 0.2) is 66.7 Å². The number of ether oxygens (including phenoxy) is 3. The Morgan fingerprint density at radius 3 is 2.26 bits per heavy atom. The van der Waals surface area contributed by atoms with Crippen LogP contribution >= 0.6 is 0 Å². The zero-order valence-corrected chi connectivity index (χ0v) is 17.9. The normalized spacial score (nSPS) is 14.2. The molecular weight excluding hydrogens is 390 g/mol. The van der Waals surface area contributed by atoms with E-state index >= 15 is 0 Å². The maximum atomic E-state index is 10.6. The molecule has 162 valence electrons. The first kappa shape index (κ1) is 21.1. The first-order valence-corrected chi connectivity index (χ1v) is 10.8. The number of rotatable bonds is 8. The SMILES string of the molecule is COc1cc(O)c(Oc2ccc(OCCN3CCCCC3)cc2)c(-c2ccccc2)c1. The second-order valence-electron chi connectivity index (χ2n) is 7.71. The number of piperidine rings is 1. The van der Waals surface area contributed by atoms with Gasteiger partial charge in [-0.1, -0.05) is 36.8 Å². The summed E-state index contributed by atoms with van der Waals surface area (Å²) in [5, 5.41) is 10.6. The van der Waals surface area contributed by atoms with Crippen molar-refractivity contribution in [2.45, 2.75) is 19.3 Å². The Hall–Kier alpha value is -3.18. The Morgan fingerprint density at radius 1 is 0.839 bits per heavy atom. The summed E-state index contributed by atoms with van der Waals surface area (Å²) >= 11 is 0. The predicted molar refractivity (Wildman–Crippen MR) is 122 cm³/mol. The fourth-order valence-corrected chi connectivity index (χ4v) is 3.84. The van der Waals surface area contributed by atoms with E-state index in [1.165, 1.54) is 32.4 Å². The predicted octanol–water partition coefficient (Wildman–Crippen LogP) is 5.72. The molecule has 1 aliphatic heterocycles. The van der Waals surface area contributed by atoms with Gasteiger partial charge in [-0.2, -0.15) is 0 Å². The lowest BCUT2D eigenvalue weighted by Gasteiger charge is -2.26. The second kappa shape index (κ2) is 10.2. The Labute approximate surface area is 183 Å². The van der Waals surface area contributed by atoms with Crippen LogP contribution in [0.1, 0.15) is 19.3 Å². The zero-order valence-electron chi connectivity index (χ0n) is 17.9. The van der Waals surface area contributed by atoms with Crippen molar-refractivity contribution in [1.29, 1.82) is 0 Å². The number of benzene rings is 3. The van der Waals surface area contributed by atoms with Gasteiger partial charge in [-0.05, 0) is 61.8 Å². The lowest BCUT2D eigenvalue weighted by Crippen LogP contribution is -2.33. The number of nitrogens with zero attached hydrogens (tertiary/aromatic N) is 1. The van der Waals surface area contributed by atoms with Crippen LogP contribution in [-0.2, 0) is 0 Å². The number of methoxy groups -OCH3 is 1. The Bertz CT molecular complexity index is 967. The molecule has 5 nitrogen and oxygen atoms in total. The minimum Gasteiger partial charge on any atom is -0.504 e. The smallest absolute Gasteiger partial charge is 0.177 e. The van der Waals surface area contributed by atoms with Crippen molar-refractivity contribution >= 4 is 0 Å². The van der Waals surface area contributed by atoms with Crippen LogP contribution in [0, 0.1) is 0 Å². The third kappa shape index (κ3) is 5.50. The van der Waals surface area contributed by atoms with Gasteiger partial charge >= 0.3 is 0 Å². The van der Waals surface area contributed by atoms with E-state index in [4.69, 9.17) is 14.2 Å². The van der Waals surface area contributed by atoms with Crippen molar-refractivity contribution in [3.63, 3.8) is 0 Å². The molecule has 0 aromatic heterocycles. The molecule has 1 fully saturated rings. The summed E-state index contributed by atoms with van der Waals surface area (Å²) in [7, 11) is 1.58. The van der Waals surface area contributed by atoms with Gasteiger partial charge in [-0.3, -0.25) is 4.90 Å². The molecule has 3 aromatic rings. The van der Waals surface area contributed by atoms with Gasteiger partial charge in [0.25, 0.3) is 0 Å². The van der Waals surface area contributed by atoms with E-state index in [0.717, 1.165) is 23.4 Å². The first-order valence-electron chi connectivity index (χ1n) is 10.8. The monoisotopic (exact) mass is 419 g/mol. The fourth-order valence-electron chi connectivity index (χ4n) is 3.84. The highest BCUT2D eigenvalue weighted by Crippen LogP contribution is 2.43. The molecule has 3 aromatic carbocycles. The molecule has 31 heavy (non-hydrogen) atoms. The van der Waals surface area contributed by atoms with Crippen molar-refractivity contribution < 1.29 is 19.3 Å². The van der Waals surface area contributed by atoms with Crippen LogP contribution in [0.25, 0.3) is 11.1 Å². The number of hydrogen-bond donors (Lipinski definition) is 1. The van der Waals surface area contributed by atoms with Crippen LogP contribution in [0.5, 0.6) is 28.7 Å². The number of hydrogen-bond acceptors (Lipinski definition) is 5. The van der Waals surface area contributed by atoms with Gasteiger partial charge in [0.1, 0.15) is 23.9 Å². The Morgan fingerprint density at radius 2 is 1.55 bits per heavy atom. The van der Waals surface area contributed by atoms with Gasteiger partial charge in [-0.25, -0.2) is 0 Å². The van der Waals surface area contributed by atoms with E-state index in [-0.39, 0.29) is 5.75 Å². The zero-order chi connectivity index (χ0) is 21.5. The van der Waals surface area contributed by atoms with Crippen LogP contribution in [0.4, 0.5) is 0 Å². The van der Waals surface area contributed by atoms with E-state index in [0.29, 0.717) is 23.9 Å². The van der Waals surface area contributed by atoms with Crippen molar-refractivity contribution in [3.8, 4) is 39.9 Å². The topological polar surface area (TPSA) is 51.2 Å². The van der Waals surface area contributed by atoms with Gasteiger partial charge < -0.3 is 19.3 Å². The average Bonchev–Trinajstić information content (AvgIpc) is 2.82. The van der Waals surface area contributed by atoms with Crippen molar-refractivity contribution in [2.75, 3.05) is 33.4 Å². The van der Waals surface area contributed by atoms with E-state index in [2.05, 4.69) is 4.90 Å². The average molecular weight is 420 g/mol. The Kier molecular flexibility index (Phi) is 6.95. The molecule has 0 amide bonds. The molecule has 1 N–H and O–H groups in total. The second-order valence-corrected chi connectivity index (χ2v) is 7.71. The third-order valence-corrected chi connectivity index (χ3v) is 5.53. The summed E-state index contributed by atoms with van der Waals surface area (Å²) in [6, 6.07) is 20.7. The largest absolute Gasteiger partial charge is 0.504 e. The summed E-state index contributed by atoms with van der Waals surface area (Å²) in [6.45, 7) is 3.98. The van der Waals surface area contributed by atoms with Gasteiger partial charge in [0.15, 0.2) is 11.5 Å². The molecule has 0 radical (unpaired) electrons. The summed E-state index contributed by atoms with van der Waals surface area (Å²) in [6.07, 6.45) is 3.92. The molecule has 0 spiro atoms. The molecular formula is C26H29NO4. The quantitative estimate of drug-likeness (QED) is 0.506. The lowest BCUT2D eigenvalue weighted by molar-refractivity contribution is 0.183. The molecule has 4 rings (SSSR count). The number of likely N-dealkylation sites (tertiary alicyclic amines) is 1. The highest BCUT2D eigenvalue weighted by Gasteiger charge is 2.15. The van der Waals surface area contributed by atoms with Crippen LogP contribution in [-0.4, -0.2) is 43.4 Å². The highest BCUT2D eigenvalue weighted by molar-refractivity contribution is 5.76. The van der Waals surface area contributed by atoms with Crippen LogP contribution in [0.3, 0.4) is 0 Å². The first-order chi connectivity index (χ1) is 15.2. The van der Waals surface area contributed by atoms with Gasteiger partial charge in [-0.15, -0.1) is 0 Å². The molecule has 0 bridgehead atoms. The molecule has 1 saturated heterocycles. The standard InChI is InChI=1S/C26H29NO4/c1-29-23-18-24(20-8-4-2-5-9-20)26(25(28)19-23)31-22-12-10-21(11-13-22)30-17-16-27-14-6-3-7-15-27/h2,4-5,8-13,18-19,28H,3,6-7,14-17H2,1H3. The van der Waals surface area contributed by atoms with Gasteiger partial charge in [0.2, 0.25) is 0 Å². The molecule has 0 unspecified atom stereocenters. The van der Waals surface area contributed by atoms with E-state index in [1.807, 2.05) is 60.7 Å². The summed E-state index contributed by atoms with van der Waals surface area (Å²) in [5.74, 6) is 2.43. The van der Waals surface area contributed by atoms with E-state index in [9.17, 15) is 5.11 Å². The summed E-state index contributed by atoms with van der Waals surface area (Å²) in [5.41, 5.74) is 1.70. The van der Waals surface area contributed by atoms with Gasteiger partial charge in [0.05, 0.1) is 7.11 Å². The highest BCUT2D eigenvalue weighted by atomic mass is 16.5. The molecule has 1 heterocycles. The Balaban J connectivity index is 1.45. The third-order valence-electron chi connectivity index (χ3n) is 5.53. The van der Waals surface area contributed by atoms with Crippen molar-refractivity contribution in [3.05, 3.63) is 66.7 Å². The fraction of sp³-hybridized carbons (Fsp3) is 0.308. The minimum absolute atomic E-state index is 0.0278. The molecule has 0 atom stereocenters. The maximum absolute atomic E-state index is 10.6. The summed E-state index contributed by atoms with van der Waals surface area (Å²) in [4.78, 5) is 2.46. The van der Waals surface area contributed by atoms with Crippen LogP contribution < -0.4 is 14.2 Å². The van der Waals surface area contributed by atoms with Gasteiger partial charge in [0, 0.05) is 18.2 Å². The molecule has 0 saturated carbocycles. The lowest BCUT2D eigenvalue weighted by atomic mass is 10.0. The maximum Gasteiger partial charge on any atom is 0.177 e. The van der Waals surface area contributed by atoms with Crippen LogP contribution in [0.2, 0.25) is 0 Å². The van der Waals surface area contributed by atoms with Crippen molar-refractivity contribution in [2.24, 2.45) is 0 Å². The number of phenols is 1. The minimum atomic E-state index is 0.0278. The number of phenolic OH excluding ortho intramolecular Hbond substituents is 1. The van der Waals surface area contributed by atoms with Crippen molar-refractivity contribution in [1.82, 2.24) is 4.90 Å². The number of aromatic hydroxyl groups is 1. The summed E-state index contributed by atoms with van der Waals surface area (Å²) < 4.78 is 17.3. The molecule has 5 heteroatoms. The molecule has 0 aliphatic carbocycles.